The van der Waals surface area contributed by atoms with E-state index in [2.05, 4.69) is 15.0 Å². The molecule has 3 aromatic heterocycles. The molecular weight excluding hydrogens is 347 g/mol. The number of aromatic nitrogens is 3. The Balaban J connectivity index is 2.12. The molecule has 0 N–H and O–H groups in total. The first-order valence-electron chi connectivity index (χ1n) is 6.56. The minimum atomic E-state index is -4.46. The van der Waals surface area contributed by atoms with Gasteiger partial charge in [-0.15, -0.1) is 0 Å². The number of hydrogen-bond donors (Lipinski definition) is 0. The number of nitrogens with zero attached hydrogens (tertiary/aromatic N) is 3. The quantitative estimate of drug-likeness (QED) is 0.667. The lowest BCUT2D eigenvalue weighted by atomic mass is 10.2. The van der Waals surface area contributed by atoms with Crippen molar-refractivity contribution in [2.24, 2.45) is 0 Å². The van der Waals surface area contributed by atoms with Gasteiger partial charge in [0.25, 0.3) is 0 Å². The van der Waals surface area contributed by atoms with Crippen LogP contribution in [0.15, 0.2) is 35.6 Å². The van der Waals surface area contributed by atoms with Gasteiger partial charge in [-0.05, 0) is 30.2 Å². The second-order valence-corrected chi connectivity index (χ2v) is 7.26. The minimum Gasteiger partial charge on any atom is -0.611 e. The van der Waals surface area contributed by atoms with Crippen molar-refractivity contribution in [3.63, 3.8) is 0 Å². The lowest BCUT2D eigenvalue weighted by Gasteiger charge is -2.10. The van der Waals surface area contributed by atoms with E-state index in [1.807, 2.05) is 0 Å². The van der Waals surface area contributed by atoms with Crippen molar-refractivity contribution < 1.29 is 17.7 Å². The molecule has 0 radical (unpaired) electrons. The fourth-order valence-corrected chi connectivity index (χ4v) is 3.88. The molecule has 1 atom stereocenters. The lowest BCUT2D eigenvalue weighted by molar-refractivity contribution is -0.137. The Morgan fingerprint density at radius 1 is 1.30 bits per heavy atom. The molecule has 3 aromatic rings. The number of halogens is 3. The van der Waals surface area contributed by atoms with Crippen LogP contribution in [0.3, 0.4) is 0 Å². The Bertz CT molecular complexity index is 851. The molecule has 0 aliphatic carbocycles. The van der Waals surface area contributed by atoms with E-state index in [0.29, 0.717) is 26.0 Å². The fraction of sp³-hybridized carbons (Fsp3) is 0.214. The molecule has 3 heterocycles. The van der Waals surface area contributed by atoms with E-state index in [9.17, 15) is 17.7 Å². The second-order valence-electron chi connectivity index (χ2n) is 4.57. The molecule has 0 spiro atoms. The summed E-state index contributed by atoms with van der Waals surface area (Å²) in [5.41, 5.74) is -0.0597. The summed E-state index contributed by atoms with van der Waals surface area (Å²) < 4.78 is 50.3. The first-order valence-corrected chi connectivity index (χ1v) is 8.70. The zero-order valence-electron chi connectivity index (χ0n) is 11.8. The molecule has 0 saturated carbocycles. The molecule has 0 aliphatic heterocycles. The van der Waals surface area contributed by atoms with Crippen LogP contribution in [0.4, 0.5) is 13.2 Å². The number of thiazole rings is 1. The molecule has 0 fully saturated rings. The molecule has 0 saturated heterocycles. The zero-order valence-corrected chi connectivity index (χ0v) is 13.4. The van der Waals surface area contributed by atoms with Crippen molar-refractivity contribution in [2.75, 3.05) is 5.75 Å². The maximum atomic E-state index is 12.7. The standard InChI is InChI=1S/C14H10F3N3OS2/c1-2-23(21)11-7-18-4-3-9(11)12-20-10-5-8(14(15,16)17)6-19-13(10)22-12/h3-7H,2H2,1H3. The Kier molecular flexibility index (Phi) is 4.26. The van der Waals surface area contributed by atoms with Gasteiger partial charge in [0.05, 0.1) is 17.3 Å². The molecule has 1 unspecified atom stereocenters. The summed E-state index contributed by atoms with van der Waals surface area (Å²) in [7, 11) is 0. The highest BCUT2D eigenvalue weighted by molar-refractivity contribution is 7.91. The van der Waals surface area contributed by atoms with E-state index in [1.54, 1.807) is 13.0 Å². The summed E-state index contributed by atoms with van der Waals surface area (Å²) in [5, 5.41) is 0.478. The van der Waals surface area contributed by atoms with Gasteiger partial charge in [0.2, 0.25) is 0 Å². The maximum Gasteiger partial charge on any atom is 0.417 e. The van der Waals surface area contributed by atoms with Gasteiger partial charge in [-0.2, -0.15) is 13.2 Å². The van der Waals surface area contributed by atoms with Gasteiger partial charge < -0.3 is 4.55 Å². The Hall–Kier alpha value is -1.71. The largest absolute Gasteiger partial charge is 0.611 e. The number of alkyl halides is 3. The van der Waals surface area contributed by atoms with Gasteiger partial charge in [-0.3, -0.25) is 4.98 Å². The fourth-order valence-electron chi connectivity index (χ4n) is 1.99. The summed E-state index contributed by atoms with van der Waals surface area (Å²) in [6, 6.07) is 2.63. The first kappa shape index (κ1) is 16.2. The van der Waals surface area contributed by atoms with E-state index < -0.39 is 22.9 Å². The topological polar surface area (TPSA) is 61.7 Å². The van der Waals surface area contributed by atoms with Crippen LogP contribution in [0.25, 0.3) is 20.9 Å². The average Bonchev–Trinajstić information content (AvgIpc) is 2.96. The molecule has 23 heavy (non-hydrogen) atoms. The van der Waals surface area contributed by atoms with E-state index >= 15 is 0 Å². The zero-order chi connectivity index (χ0) is 16.6. The summed E-state index contributed by atoms with van der Waals surface area (Å²) in [4.78, 5) is 12.9. The smallest absolute Gasteiger partial charge is 0.417 e. The van der Waals surface area contributed by atoms with Crippen molar-refractivity contribution in [1.29, 1.82) is 0 Å². The lowest BCUT2D eigenvalue weighted by Crippen LogP contribution is -2.06. The second kappa shape index (κ2) is 6.06. The van der Waals surface area contributed by atoms with Crippen LogP contribution in [0, 0.1) is 0 Å². The summed E-state index contributed by atoms with van der Waals surface area (Å²) in [5.74, 6) is 0.417. The van der Waals surface area contributed by atoms with Crippen molar-refractivity contribution in [1.82, 2.24) is 15.0 Å². The molecular formula is C14H10F3N3OS2. The number of rotatable bonds is 3. The third-order valence-electron chi connectivity index (χ3n) is 3.10. The highest BCUT2D eigenvalue weighted by Crippen LogP contribution is 2.35. The van der Waals surface area contributed by atoms with Gasteiger partial charge in [-0.1, -0.05) is 11.3 Å². The summed E-state index contributed by atoms with van der Waals surface area (Å²) in [6.07, 6.45) is -0.639. The number of fused-ring (bicyclic) bond motifs is 1. The molecule has 3 rings (SSSR count). The monoisotopic (exact) mass is 357 g/mol. The van der Waals surface area contributed by atoms with Crippen molar-refractivity contribution in [3.8, 4) is 10.6 Å². The Morgan fingerprint density at radius 2 is 2.09 bits per heavy atom. The van der Waals surface area contributed by atoms with E-state index in [4.69, 9.17) is 0 Å². The van der Waals surface area contributed by atoms with Crippen molar-refractivity contribution in [3.05, 3.63) is 36.3 Å². The van der Waals surface area contributed by atoms with Gasteiger partial charge >= 0.3 is 6.18 Å². The van der Waals surface area contributed by atoms with E-state index in [0.717, 1.165) is 23.6 Å². The van der Waals surface area contributed by atoms with Crippen LogP contribution in [0.1, 0.15) is 12.5 Å². The predicted molar refractivity (Wildman–Crippen MR) is 82.6 cm³/mol. The molecule has 4 nitrogen and oxygen atoms in total. The summed E-state index contributed by atoms with van der Waals surface area (Å²) in [6.45, 7) is 1.78. The average molecular weight is 357 g/mol. The molecule has 0 aliphatic rings. The van der Waals surface area contributed by atoms with E-state index in [1.165, 1.54) is 12.4 Å². The first-order chi connectivity index (χ1) is 10.9. The Morgan fingerprint density at radius 3 is 2.78 bits per heavy atom. The van der Waals surface area contributed by atoms with E-state index in [-0.39, 0.29) is 5.52 Å². The van der Waals surface area contributed by atoms with Crippen LogP contribution in [0.2, 0.25) is 0 Å². The highest BCUT2D eigenvalue weighted by Gasteiger charge is 2.31. The van der Waals surface area contributed by atoms with Crippen LogP contribution >= 0.6 is 11.3 Å². The van der Waals surface area contributed by atoms with Crippen molar-refractivity contribution in [2.45, 2.75) is 18.0 Å². The third-order valence-corrected chi connectivity index (χ3v) is 5.45. The predicted octanol–water partition coefficient (Wildman–Crippen LogP) is 3.90. The van der Waals surface area contributed by atoms with Crippen LogP contribution in [-0.4, -0.2) is 25.3 Å². The van der Waals surface area contributed by atoms with Crippen LogP contribution in [-0.2, 0) is 17.4 Å². The van der Waals surface area contributed by atoms with Crippen LogP contribution in [0.5, 0.6) is 0 Å². The maximum absolute atomic E-state index is 12.7. The number of hydrogen-bond acceptors (Lipinski definition) is 5. The molecule has 120 valence electrons. The Labute approximate surface area is 136 Å². The molecule has 9 heteroatoms. The van der Waals surface area contributed by atoms with Gasteiger partial charge in [-0.25, -0.2) is 9.97 Å². The molecule has 0 aromatic carbocycles. The molecule has 0 bridgehead atoms. The van der Waals surface area contributed by atoms with Crippen LogP contribution < -0.4 is 0 Å². The van der Waals surface area contributed by atoms with Gasteiger partial charge in [0, 0.05) is 12.4 Å². The SMILES string of the molecule is CC[S+]([O-])c1cnccc1-c1nc2cc(C(F)(F)F)cnc2s1. The third kappa shape index (κ3) is 3.17. The minimum absolute atomic E-state index is 0.171. The highest BCUT2D eigenvalue weighted by atomic mass is 32.2. The molecule has 0 amide bonds. The normalized spacial score (nSPS) is 13.4. The number of pyridine rings is 2. The van der Waals surface area contributed by atoms with Gasteiger partial charge in [0.15, 0.2) is 4.90 Å². The van der Waals surface area contributed by atoms with Crippen molar-refractivity contribution >= 4 is 32.9 Å². The summed E-state index contributed by atoms with van der Waals surface area (Å²) >= 11 is -0.0788. The van der Waals surface area contributed by atoms with Gasteiger partial charge in [0.1, 0.15) is 21.1 Å².